The quantitative estimate of drug-likeness (QED) is 0.671. The van der Waals surface area contributed by atoms with Crippen molar-refractivity contribution in [2.24, 2.45) is 4.99 Å². The van der Waals surface area contributed by atoms with Crippen LogP contribution in [0.25, 0.3) is 10.9 Å². The standard InChI is InChI=1S/C13H13ClN2O/c1-9(17)7-15-8-11-6-10-4-2-3-5-12(10)16-13(11)14/h2-6,8-9,17H,7H2,1H3. The van der Waals surface area contributed by atoms with Gasteiger partial charge in [-0.05, 0) is 19.1 Å². The van der Waals surface area contributed by atoms with Crippen LogP contribution in [0.2, 0.25) is 5.15 Å². The van der Waals surface area contributed by atoms with E-state index >= 15 is 0 Å². The molecular weight excluding hydrogens is 236 g/mol. The van der Waals surface area contributed by atoms with Gasteiger partial charge >= 0.3 is 0 Å². The molecule has 1 aromatic carbocycles. The van der Waals surface area contributed by atoms with Gasteiger partial charge in [0.15, 0.2) is 0 Å². The summed E-state index contributed by atoms with van der Waals surface area (Å²) in [5.41, 5.74) is 1.64. The Morgan fingerprint density at radius 3 is 3.00 bits per heavy atom. The summed E-state index contributed by atoms with van der Waals surface area (Å²) in [7, 11) is 0. The van der Waals surface area contributed by atoms with Gasteiger partial charge in [-0.3, -0.25) is 4.99 Å². The normalized spacial score (nSPS) is 13.4. The highest BCUT2D eigenvalue weighted by atomic mass is 35.5. The van der Waals surface area contributed by atoms with Crippen molar-refractivity contribution in [3.8, 4) is 0 Å². The molecule has 0 bridgehead atoms. The lowest BCUT2D eigenvalue weighted by molar-refractivity contribution is 0.204. The third kappa shape index (κ3) is 3.02. The lowest BCUT2D eigenvalue weighted by Gasteiger charge is -2.02. The molecule has 0 aliphatic rings. The first-order valence-electron chi connectivity index (χ1n) is 5.40. The Balaban J connectivity index is 2.34. The maximum Gasteiger partial charge on any atom is 0.138 e. The van der Waals surface area contributed by atoms with Crippen LogP contribution in [0, 0.1) is 0 Å². The maximum atomic E-state index is 9.11. The van der Waals surface area contributed by atoms with Crippen LogP contribution in [0.4, 0.5) is 0 Å². The molecule has 1 atom stereocenters. The first-order chi connectivity index (χ1) is 8.16. The number of halogens is 1. The lowest BCUT2D eigenvalue weighted by atomic mass is 10.2. The molecule has 1 aromatic heterocycles. The molecule has 3 nitrogen and oxygen atoms in total. The fourth-order valence-electron chi connectivity index (χ4n) is 1.50. The van der Waals surface area contributed by atoms with Gasteiger partial charge in [0.1, 0.15) is 5.15 Å². The first kappa shape index (κ1) is 12.0. The highest BCUT2D eigenvalue weighted by Gasteiger charge is 2.02. The molecule has 0 aliphatic heterocycles. The van der Waals surface area contributed by atoms with Crippen LogP contribution >= 0.6 is 11.6 Å². The van der Waals surface area contributed by atoms with E-state index in [0.29, 0.717) is 11.7 Å². The highest BCUT2D eigenvalue weighted by molar-refractivity contribution is 6.32. The minimum absolute atomic E-state index is 0.364. The molecule has 0 fully saturated rings. The summed E-state index contributed by atoms with van der Waals surface area (Å²) in [6.07, 6.45) is 1.20. The van der Waals surface area contributed by atoms with E-state index in [1.54, 1.807) is 13.1 Å². The SMILES string of the molecule is CC(O)CN=Cc1cc2ccccc2nc1Cl. The van der Waals surface area contributed by atoms with Crippen molar-refractivity contribution < 1.29 is 5.11 Å². The summed E-state index contributed by atoms with van der Waals surface area (Å²) in [6.45, 7) is 2.06. The van der Waals surface area contributed by atoms with E-state index in [0.717, 1.165) is 16.5 Å². The molecule has 88 valence electrons. The molecule has 2 aromatic rings. The van der Waals surface area contributed by atoms with Crippen molar-refractivity contribution in [3.63, 3.8) is 0 Å². The Kier molecular flexibility index (Phi) is 3.71. The van der Waals surface area contributed by atoms with Crippen LogP contribution in [0.3, 0.4) is 0 Å². The van der Waals surface area contributed by atoms with Crippen LogP contribution in [0.15, 0.2) is 35.3 Å². The van der Waals surface area contributed by atoms with E-state index in [4.69, 9.17) is 16.7 Å². The molecule has 1 unspecified atom stereocenters. The van der Waals surface area contributed by atoms with Gasteiger partial charge in [0.2, 0.25) is 0 Å². The molecule has 0 radical (unpaired) electrons. The third-order valence-corrected chi connectivity index (χ3v) is 2.61. The predicted molar refractivity (Wildman–Crippen MR) is 70.9 cm³/mol. The molecular formula is C13H13ClN2O. The number of pyridine rings is 1. The van der Waals surface area contributed by atoms with Crippen molar-refractivity contribution in [1.29, 1.82) is 0 Å². The lowest BCUT2D eigenvalue weighted by Crippen LogP contribution is -2.04. The molecule has 17 heavy (non-hydrogen) atoms. The van der Waals surface area contributed by atoms with Crippen LogP contribution in [0.1, 0.15) is 12.5 Å². The van der Waals surface area contributed by atoms with E-state index < -0.39 is 6.10 Å². The Labute approximate surface area is 105 Å². The Morgan fingerprint density at radius 2 is 2.24 bits per heavy atom. The second kappa shape index (κ2) is 5.25. The number of hydrogen-bond donors (Lipinski definition) is 1. The monoisotopic (exact) mass is 248 g/mol. The summed E-state index contributed by atoms with van der Waals surface area (Å²) >= 11 is 6.05. The van der Waals surface area contributed by atoms with Crippen molar-refractivity contribution in [3.05, 3.63) is 41.0 Å². The molecule has 0 saturated heterocycles. The smallest absolute Gasteiger partial charge is 0.138 e. The van der Waals surface area contributed by atoms with Crippen LogP contribution in [-0.4, -0.2) is 29.0 Å². The van der Waals surface area contributed by atoms with Gasteiger partial charge in [-0.15, -0.1) is 0 Å². The second-order valence-corrected chi connectivity index (χ2v) is 4.26. The topological polar surface area (TPSA) is 45.5 Å². The van der Waals surface area contributed by atoms with Gasteiger partial charge < -0.3 is 5.11 Å². The van der Waals surface area contributed by atoms with E-state index in [2.05, 4.69) is 9.98 Å². The summed E-state index contributed by atoms with van der Waals surface area (Å²) in [5, 5.41) is 10.6. The van der Waals surface area contributed by atoms with E-state index in [1.165, 1.54) is 0 Å². The summed E-state index contributed by atoms with van der Waals surface area (Å²) in [5.74, 6) is 0. The average Bonchev–Trinajstić information content (AvgIpc) is 2.29. The van der Waals surface area contributed by atoms with Crippen LogP contribution in [-0.2, 0) is 0 Å². The zero-order valence-electron chi connectivity index (χ0n) is 9.47. The Bertz CT molecular complexity index is 552. The van der Waals surface area contributed by atoms with Gasteiger partial charge in [-0.2, -0.15) is 0 Å². The minimum atomic E-state index is -0.446. The fourth-order valence-corrected chi connectivity index (χ4v) is 1.70. The molecule has 0 saturated carbocycles. The first-order valence-corrected chi connectivity index (χ1v) is 5.78. The third-order valence-electron chi connectivity index (χ3n) is 2.30. The molecule has 0 amide bonds. The molecule has 1 N–H and O–H groups in total. The summed E-state index contributed by atoms with van der Waals surface area (Å²) < 4.78 is 0. The number of aliphatic hydroxyl groups is 1. The largest absolute Gasteiger partial charge is 0.391 e. The number of aliphatic imine (C=N–C) groups is 1. The molecule has 2 rings (SSSR count). The number of para-hydroxylation sites is 1. The Morgan fingerprint density at radius 1 is 1.47 bits per heavy atom. The molecule has 1 heterocycles. The zero-order valence-corrected chi connectivity index (χ0v) is 10.2. The second-order valence-electron chi connectivity index (χ2n) is 3.90. The van der Waals surface area contributed by atoms with E-state index in [9.17, 15) is 0 Å². The minimum Gasteiger partial charge on any atom is -0.391 e. The van der Waals surface area contributed by atoms with Gasteiger partial charge in [-0.1, -0.05) is 29.8 Å². The average molecular weight is 249 g/mol. The number of benzene rings is 1. The van der Waals surface area contributed by atoms with Crippen molar-refractivity contribution in [1.82, 2.24) is 4.98 Å². The number of rotatable bonds is 3. The number of hydrogen-bond acceptors (Lipinski definition) is 3. The van der Waals surface area contributed by atoms with Gasteiger partial charge in [0, 0.05) is 17.2 Å². The van der Waals surface area contributed by atoms with Crippen molar-refractivity contribution in [2.45, 2.75) is 13.0 Å². The number of aliphatic hydroxyl groups excluding tert-OH is 1. The zero-order chi connectivity index (χ0) is 12.3. The van der Waals surface area contributed by atoms with Gasteiger partial charge in [-0.25, -0.2) is 4.98 Å². The van der Waals surface area contributed by atoms with Gasteiger partial charge in [0.25, 0.3) is 0 Å². The Hall–Kier alpha value is -1.45. The summed E-state index contributed by atoms with van der Waals surface area (Å²) in [4.78, 5) is 8.39. The number of nitrogens with zero attached hydrogens (tertiary/aromatic N) is 2. The molecule has 0 spiro atoms. The molecule has 4 heteroatoms. The fraction of sp³-hybridized carbons (Fsp3) is 0.231. The van der Waals surface area contributed by atoms with Crippen molar-refractivity contribution >= 4 is 28.7 Å². The number of aromatic nitrogens is 1. The van der Waals surface area contributed by atoms with Crippen LogP contribution < -0.4 is 0 Å². The predicted octanol–water partition coefficient (Wildman–Crippen LogP) is 2.69. The van der Waals surface area contributed by atoms with E-state index in [1.807, 2.05) is 30.3 Å². The van der Waals surface area contributed by atoms with Crippen molar-refractivity contribution in [2.75, 3.05) is 6.54 Å². The van der Waals surface area contributed by atoms with Crippen LogP contribution in [0.5, 0.6) is 0 Å². The highest BCUT2D eigenvalue weighted by Crippen LogP contribution is 2.18. The van der Waals surface area contributed by atoms with E-state index in [-0.39, 0.29) is 0 Å². The summed E-state index contributed by atoms with van der Waals surface area (Å²) in [6, 6.07) is 9.71. The number of fused-ring (bicyclic) bond motifs is 1. The van der Waals surface area contributed by atoms with Gasteiger partial charge in [0.05, 0.1) is 18.2 Å². The maximum absolute atomic E-state index is 9.11. The molecule has 0 aliphatic carbocycles.